The van der Waals surface area contributed by atoms with Crippen LogP contribution in [-0.2, 0) is 6.42 Å². The number of aryl methyl sites for hydroxylation is 1. The largest absolute Gasteiger partial charge is 0.392 e. The number of rotatable bonds is 6. The monoisotopic (exact) mass is 265 g/mol. The summed E-state index contributed by atoms with van der Waals surface area (Å²) in [6, 6.07) is 3.56. The first kappa shape index (κ1) is 15.4. The smallest absolute Gasteiger partial charge is 0.253 e. The fraction of sp³-hybridized carbons (Fsp3) is 0.571. The number of hydrogen-bond donors (Lipinski definition) is 2. The highest BCUT2D eigenvalue weighted by Crippen LogP contribution is 2.13. The van der Waals surface area contributed by atoms with Gasteiger partial charge in [0.2, 0.25) is 0 Å². The molecule has 5 nitrogen and oxygen atoms in total. The summed E-state index contributed by atoms with van der Waals surface area (Å²) >= 11 is 0. The zero-order valence-corrected chi connectivity index (χ0v) is 12.1. The van der Waals surface area contributed by atoms with E-state index in [1.54, 1.807) is 20.0 Å². The van der Waals surface area contributed by atoms with Gasteiger partial charge in [-0.1, -0.05) is 6.92 Å². The third-order valence-corrected chi connectivity index (χ3v) is 2.73. The molecule has 0 saturated carbocycles. The number of anilines is 1. The standard InChI is InChI=1S/C14H23N3O2/c1-5-12-7-11(8-13(16-12)15-6-2)14(19)17(4)9-10(3)18/h7-8,10,18H,5-6,9H2,1-4H3,(H,15,16). The molecule has 1 unspecified atom stereocenters. The van der Waals surface area contributed by atoms with Crippen LogP contribution in [0.2, 0.25) is 0 Å². The molecular weight excluding hydrogens is 242 g/mol. The number of aliphatic hydroxyl groups is 1. The number of carbonyl (C=O) groups excluding carboxylic acids is 1. The first-order valence-electron chi connectivity index (χ1n) is 6.66. The maximum absolute atomic E-state index is 12.3. The Morgan fingerprint density at radius 3 is 2.68 bits per heavy atom. The predicted molar refractivity (Wildman–Crippen MR) is 76.4 cm³/mol. The zero-order chi connectivity index (χ0) is 14.4. The minimum Gasteiger partial charge on any atom is -0.392 e. The van der Waals surface area contributed by atoms with Crippen molar-refractivity contribution in [2.75, 3.05) is 25.5 Å². The quantitative estimate of drug-likeness (QED) is 0.818. The highest BCUT2D eigenvalue weighted by molar-refractivity contribution is 5.94. The van der Waals surface area contributed by atoms with Crippen molar-refractivity contribution >= 4 is 11.7 Å². The summed E-state index contributed by atoms with van der Waals surface area (Å²) in [7, 11) is 1.69. The van der Waals surface area contributed by atoms with Crippen molar-refractivity contribution in [1.29, 1.82) is 0 Å². The van der Waals surface area contributed by atoms with E-state index >= 15 is 0 Å². The molecule has 19 heavy (non-hydrogen) atoms. The summed E-state index contributed by atoms with van der Waals surface area (Å²) in [5.74, 6) is 0.618. The van der Waals surface area contributed by atoms with E-state index in [0.29, 0.717) is 12.1 Å². The summed E-state index contributed by atoms with van der Waals surface area (Å²) in [6.45, 7) is 6.74. The van der Waals surface area contributed by atoms with Crippen LogP contribution in [0.25, 0.3) is 0 Å². The Morgan fingerprint density at radius 1 is 1.47 bits per heavy atom. The summed E-state index contributed by atoms with van der Waals surface area (Å²) < 4.78 is 0. The van der Waals surface area contributed by atoms with Gasteiger partial charge in [0, 0.05) is 31.4 Å². The van der Waals surface area contributed by atoms with Crippen molar-refractivity contribution in [2.45, 2.75) is 33.3 Å². The van der Waals surface area contributed by atoms with Crippen molar-refractivity contribution in [3.05, 3.63) is 23.4 Å². The van der Waals surface area contributed by atoms with Gasteiger partial charge < -0.3 is 15.3 Å². The van der Waals surface area contributed by atoms with Crippen LogP contribution in [0.4, 0.5) is 5.82 Å². The van der Waals surface area contributed by atoms with Crippen LogP contribution in [0.15, 0.2) is 12.1 Å². The Bertz CT molecular complexity index is 433. The molecule has 0 spiro atoms. The minimum absolute atomic E-state index is 0.0999. The number of hydrogen-bond acceptors (Lipinski definition) is 4. The van der Waals surface area contributed by atoms with Gasteiger partial charge in [-0.05, 0) is 32.4 Å². The van der Waals surface area contributed by atoms with Crippen LogP contribution in [0.3, 0.4) is 0 Å². The number of likely N-dealkylation sites (N-methyl/N-ethyl adjacent to an activating group) is 1. The summed E-state index contributed by atoms with van der Waals surface area (Å²) in [5, 5.41) is 12.5. The molecule has 106 valence electrons. The van der Waals surface area contributed by atoms with E-state index in [1.807, 2.05) is 19.9 Å². The lowest BCUT2D eigenvalue weighted by molar-refractivity contribution is 0.0703. The van der Waals surface area contributed by atoms with Gasteiger partial charge in [-0.25, -0.2) is 4.98 Å². The molecule has 2 N–H and O–H groups in total. The third kappa shape index (κ3) is 4.52. The fourth-order valence-electron chi connectivity index (χ4n) is 1.86. The van der Waals surface area contributed by atoms with E-state index in [0.717, 1.165) is 24.5 Å². The van der Waals surface area contributed by atoms with Gasteiger partial charge in [0.1, 0.15) is 5.82 Å². The molecule has 1 rings (SSSR count). The first-order chi connectivity index (χ1) is 8.97. The summed E-state index contributed by atoms with van der Waals surface area (Å²) in [5.41, 5.74) is 1.48. The van der Waals surface area contributed by atoms with E-state index in [-0.39, 0.29) is 5.91 Å². The lowest BCUT2D eigenvalue weighted by Gasteiger charge is -2.19. The number of carbonyl (C=O) groups is 1. The lowest BCUT2D eigenvalue weighted by atomic mass is 10.1. The van der Waals surface area contributed by atoms with Crippen molar-refractivity contribution in [3.63, 3.8) is 0 Å². The molecule has 1 atom stereocenters. The normalized spacial score (nSPS) is 12.1. The average molecular weight is 265 g/mol. The van der Waals surface area contributed by atoms with Crippen LogP contribution < -0.4 is 5.32 Å². The van der Waals surface area contributed by atoms with Crippen LogP contribution in [0, 0.1) is 0 Å². The van der Waals surface area contributed by atoms with Gasteiger partial charge in [0.25, 0.3) is 5.91 Å². The molecule has 1 aromatic heterocycles. The topological polar surface area (TPSA) is 65.5 Å². The van der Waals surface area contributed by atoms with E-state index in [1.165, 1.54) is 4.90 Å². The molecule has 1 aromatic rings. The summed E-state index contributed by atoms with van der Waals surface area (Å²) in [4.78, 5) is 18.2. The van der Waals surface area contributed by atoms with Crippen molar-refractivity contribution in [1.82, 2.24) is 9.88 Å². The molecule has 0 aliphatic heterocycles. The molecule has 0 bridgehead atoms. The Labute approximate surface area is 114 Å². The van der Waals surface area contributed by atoms with Gasteiger partial charge in [0.05, 0.1) is 6.10 Å². The molecule has 0 saturated heterocycles. The Morgan fingerprint density at radius 2 is 2.16 bits per heavy atom. The second-order valence-corrected chi connectivity index (χ2v) is 4.65. The number of amides is 1. The Hall–Kier alpha value is -1.62. The Kier molecular flexibility index (Phi) is 5.76. The fourth-order valence-corrected chi connectivity index (χ4v) is 1.86. The molecule has 0 radical (unpaired) electrons. The number of nitrogens with zero attached hydrogens (tertiary/aromatic N) is 2. The number of aliphatic hydroxyl groups excluding tert-OH is 1. The second-order valence-electron chi connectivity index (χ2n) is 4.65. The van der Waals surface area contributed by atoms with Gasteiger partial charge in [0.15, 0.2) is 0 Å². The van der Waals surface area contributed by atoms with Gasteiger partial charge in [-0.3, -0.25) is 4.79 Å². The highest BCUT2D eigenvalue weighted by Gasteiger charge is 2.15. The molecular formula is C14H23N3O2. The van der Waals surface area contributed by atoms with Crippen LogP contribution in [0.1, 0.15) is 36.8 Å². The second kappa shape index (κ2) is 7.09. The number of pyridine rings is 1. The number of aromatic nitrogens is 1. The molecule has 0 aliphatic carbocycles. The average Bonchev–Trinajstić information content (AvgIpc) is 2.37. The maximum Gasteiger partial charge on any atom is 0.253 e. The van der Waals surface area contributed by atoms with E-state index < -0.39 is 6.10 Å². The van der Waals surface area contributed by atoms with Crippen molar-refractivity contribution in [3.8, 4) is 0 Å². The summed E-state index contributed by atoms with van der Waals surface area (Å²) in [6.07, 6.45) is 0.245. The van der Waals surface area contributed by atoms with Gasteiger partial charge in [-0.15, -0.1) is 0 Å². The molecule has 1 heterocycles. The van der Waals surface area contributed by atoms with Gasteiger partial charge in [-0.2, -0.15) is 0 Å². The van der Waals surface area contributed by atoms with Gasteiger partial charge >= 0.3 is 0 Å². The maximum atomic E-state index is 12.3. The van der Waals surface area contributed by atoms with Crippen molar-refractivity contribution in [2.24, 2.45) is 0 Å². The van der Waals surface area contributed by atoms with Crippen molar-refractivity contribution < 1.29 is 9.90 Å². The zero-order valence-electron chi connectivity index (χ0n) is 12.1. The molecule has 1 amide bonds. The highest BCUT2D eigenvalue weighted by atomic mass is 16.3. The molecule has 0 fully saturated rings. The molecule has 0 aromatic carbocycles. The number of nitrogens with one attached hydrogen (secondary N) is 1. The van der Waals surface area contributed by atoms with Crippen LogP contribution >= 0.6 is 0 Å². The minimum atomic E-state index is -0.533. The molecule has 5 heteroatoms. The molecule has 0 aliphatic rings. The Balaban J connectivity index is 2.97. The van der Waals surface area contributed by atoms with E-state index in [9.17, 15) is 9.90 Å². The van der Waals surface area contributed by atoms with E-state index in [2.05, 4.69) is 10.3 Å². The predicted octanol–water partition coefficient (Wildman–Crippen LogP) is 1.53. The van der Waals surface area contributed by atoms with Crippen LogP contribution in [-0.4, -0.2) is 47.1 Å². The SMILES string of the molecule is CCNc1cc(C(=O)N(C)CC(C)O)cc(CC)n1. The third-order valence-electron chi connectivity index (χ3n) is 2.73. The van der Waals surface area contributed by atoms with E-state index in [4.69, 9.17) is 0 Å². The lowest BCUT2D eigenvalue weighted by Crippen LogP contribution is -2.33. The van der Waals surface area contributed by atoms with Crippen LogP contribution in [0.5, 0.6) is 0 Å². The first-order valence-corrected chi connectivity index (χ1v) is 6.66.